The van der Waals surface area contributed by atoms with Crippen molar-refractivity contribution < 1.29 is 24.6 Å². The Balaban J connectivity index is 2.75. The highest BCUT2D eigenvalue weighted by atomic mass is 16.4. The zero-order valence-electron chi connectivity index (χ0n) is 6.19. The van der Waals surface area contributed by atoms with Gasteiger partial charge in [-0.25, -0.2) is 0 Å². The normalized spacial score (nSPS) is 21.0. The fraction of sp³-hybridized carbons (Fsp3) is 0.571. The molecule has 0 bridgehead atoms. The topological polar surface area (TPSA) is 91.7 Å². The number of hydrogen-bond acceptors (Lipinski definition) is 3. The fourth-order valence-electron chi connectivity index (χ4n) is 1.37. The number of carbonyl (C=O) groups excluding carboxylic acids is 1. The molecule has 66 valence electrons. The first kappa shape index (κ1) is 8.70. The Morgan fingerprint density at radius 2 is 1.67 bits per heavy atom. The van der Waals surface area contributed by atoms with Gasteiger partial charge < -0.3 is 15.0 Å². The molecular weight excluding hydrogens is 164 g/mol. The number of carboxylic acid groups (broad SMARTS) is 2. The Morgan fingerprint density at radius 3 is 1.92 bits per heavy atom. The Kier molecular flexibility index (Phi) is 1.87. The smallest absolute Gasteiger partial charge is 0.321 e. The predicted molar refractivity (Wildman–Crippen MR) is 36.5 cm³/mol. The molecule has 1 saturated carbocycles. The summed E-state index contributed by atoms with van der Waals surface area (Å²) in [5, 5.41) is 17.1. The van der Waals surface area contributed by atoms with E-state index in [9.17, 15) is 14.4 Å². The molecule has 1 aliphatic carbocycles. The lowest BCUT2D eigenvalue weighted by molar-refractivity contribution is -0.175. The van der Waals surface area contributed by atoms with Gasteiger partial charge in [0.05, 0.1) is 0 Å². The molecule has 5 heteroatoms. The van der Waals surface area contributed by atoms with Crippen LogP contribution in [0, 0.1) is 11.3 Å². The van der Waals surface area contributed by atoms with E-state index in [1.807, 2.05) is 0 Å². The van der Waals surface area contributed by atoms with Gasteiger partial charge in [0.1, 0.15) is 6.29 Å². The summed E-state index contributed by atoms with van der Waals surface area (Å²) in [4.78, 5) is 31.2. The van der Waals surface area contributed by atoms with Gasteiger partial charge in [-0.15, -0.1) is 0 Å². The Labute approximate surface area is 68.0 Å². The molecule has 0 aromatic carbocycles. The summed E-state index contributed by atoms with van der Waals surface area (Å²) in [7, 11) is 0. The molecule has 1 rings (SSSR count). The quantitative estimate of drug-likeness (QED) is 0.452. The SMILES string of the molecule is O=CC1CC(C(=O)O)(C(=O)O)C1. The van der Waals surface area contributed by atoms with Gasteiger partial charge in [-0.05, 0) is 12.8 Å². The second-order valence-corrected chi connectivity index (χ2v) is 3.00. The summed E-state index contributed by atoms with van der Waals surface area (Å²) < 4.78 is 0. The van der Waals surface area contributed by atoms with Crippen molar-refractivity contribution in [3.05, 3.63) is 0 Å². The first-order chi connectivity index (χ1) is 5.53. The molecule has 12 heavy (non-hydrogen) atoms. The van der Waals surface area contributed by atoms with Crippen LogP contribution in [0.25, 0.3) is 0 Å². The van der Waals surface area contributed by atoms with Gasteiger partial charge in [-0.3, -0.25) is 9.59 Å². The molecular formula is C7H8O5. The monoisotopic (exact) mass is 172 g/mol. The van der Waals surface area contributed by atoms with Crippen LogP contribution in [-0.2, 0) is 14.4 Å². The molecule has 1 aliphatic rings. The van der Waals surface area contributed by atoms with Crippen LogP contribution in [0.15, 0.2) is 0 Å². The maximum Gasteiger partial charge on any atom is 0.321 e. The summed E-state index contributed by atoms with van der Waals surface area (Å²) in [6.07, 6.45) is 0.437. The third kappa shape index (κ3) is 0.975. The molecule has 1 fully saturated rings. The molecule has 0 unspecified atom stereocenters. The van der Waals surface area contributed by atoms with Crippen molar-refractivity contribution in [1.82, 2.24) is 0 Å². The van der Waals surface area contributed by atoms with Gasteiger partial charge in [0.2, 0.25) is 0 Å². The lowest BCUT2D eigenvalue weighted by Crippen LogP contribution is -2.50. The largest absolute Gasteiger partial charge is 0.480 e. The van der Waals surface area contributed by atoms with E-state index in [0.717, 1.165) is 0 Å². The molecule has 0 radical (unpaired) electrons. The molecule has 0 saturated heterocycles. The average Bonchev–Trinajstić information content (AvgIpc) is 1.83. The van der Waals surface area contributed by atoms with Crippen molar-refractivity contribution >= 4 is 18.2 Å². The van der Waals surface area contributed by atoms with Crippen molar-refractivity contribution in [3.8, 4) is 0 Å². The van der Waals surface area contributed by atoms with E-state index < -0.39 is 23.3 Å². The number of hydrogen-bond donors (Lipinski definition) is 2. The number of carboxylic acids is 2. The zero-order valence-corrected chi connectivity index (χ0v) is 6.19. The van der Waals surface area contributed by atoms with E-state index in [0.29, 0.717) is 6.29 Å². The molecule has 0 aromatic rings. The van der Waals surface area contributed by atoms with Gasteiger partial charge in [0, 0.05) is 5.92 Å². The van der Waals surface area contributed by atoms with Crippen LogP contribution < -0.4 is 0 Å². The van der Waals surface area contributed by atoms with Gasteiger partial charge in [-0.2, -0.15) is 0 Å². The predicted octanol–water partition coefficient (Wildman–Crippen LogP) is -0.249. The molecule has 0 atom stereocenters. The first-order valence-electron chi connectivity index (χ1n) is 3.45. The number of rotatable bonds is 3. The van der Waals surface area contributed by atoms with E-state index >= 15 is 0 Å². The summed E-state index contributed by atoms with van der Waals surface area (Å²) in [5.74, 6) is -3.11. The Bertz CT molecular complexity index is 222. The Hall–Kier alpha value is -1.39. The first-order valence-corrected chi connectivity index (χ1v) is 3.45. The highest BCUT2D eigenvalue weighted by Crippen LogP contribution is 2.45. The van der Waals surface area contributed by atoms with E-state index in [2.05, 4.69) is 0 Å². The second kappa shape index (κ2) is 2.58. The van der Waals surface area contributed by atoms with E-state index in [4.69, 9.17) is 10.2 Å². The Morgan fingerprint density at radius 1 is 1.25 bits per heavy atom. The van der Waals surface area contributed by atoms with Crippen LogP contribution in [0.5, 0.6) is 0 Å². The number of aliphatic carboxylic acids is 2. The van der Waals surface area contributed by atoms with Crippen molar-refractivity contribution in [2.24, 2.45) is 11.3 Å². The van der Waals surface area contributed by atoms with E-state index in [1.54, 1.807) is 0 Å². The summed E-state index contributed by atoms with van der Waals surface area (Å²) in [6.45, 7) is 0. The minimum Gasteiger partial charge on any atom is -0.480 e. The van der Waals surface area contributed by atoms with Gasteiger partial charge in [0.15, 0.2) is 5.41 Å². The molecule has 5 nitrogen and oxygen atoms in total. The molecule has 0 amide bonds. The van der Waals surface area contributed by atoms with Crippen LogP contribution in [0.4, 0.5) is 0 Å². The minimum atomic E-state index is -1.70. The molecule has 0 heterocycles. The average molecular weight is 172 g/mol. The van der Waals surface area contributed by atoms with Crippen molar-refractivity contribution in [2.75, 3.05) is 0 Å². The van der Waals surface area contributed by atoms with Crippen LogP contribution in [0.1, 0.15) is 12.8 Å². The molecule has 2 N–H and O–H groups in total. The number of aldehydes is 1. The minimum absolute atomic E-state index is 0.0822. The van der Waals surface area contributed by atoms with Crippen LogP contribution in [0.2, 0.25) is 0 Å². The molecule has 0 aliphatic heterocycles. The van der Waals surface area contributed by atoms with Crippen LogP contribution in [-0.4, -0.2) is 28.4 Å². The summed E-state index contributed by atoms with van der Waals surface area (Å²) in [5.41, 5.74) is -1.70. The van der Waals surface area contributed by atoms with Crippen molar-refractivity contribution in [3.63, 3.8) is 0 Å². The highest BCUT2D eigenvalue weighted by Gasteiger charge is 2.56. The summed E-state index contributed by atoms with van der Waals surface area (Å²) in [6, 6.07) is 0. The third-order valence-corrected chi connectivity index (χ3v) is 2.23. The third-order valence-electron chi connectivity index (χ3n) is 2.23. The van der Waals surface area contributed by atoms with Gasteiger partial charge >= 0.3 is 11.9 Å². The lowest BCUT2D eigenvalue weighted by atomic mass is 9.62. The van der Waals surface area contributed by atoms with Crippen molar-refractivity contribution in [1.29, 1.82) is 0 Å². The van der Waals surface area contributed by atoms with Crippen LogP contribution >= 0.6 is 0 Å². The van der Waals surface area contributed by atoms with Gasteiger partial charge in [-0.1, -0.05) is 0 Å². The standard InChI is InChI=1S/C7H8O5/c8-3-4-1-7(2-4,5(9)10)6(11)12/h3-4H,1-2H2,(H,9,10)(H,11,12). The van der Waals surface area contributed by atoms with Crippen LogP contribution in [0.3, 0.4) is 0 Å². The second-order valence-electron chi connectivity index (χ2n) is 3.00. The molecule has 0 spiro atoms. The highest BCUT2D eigenvalue weighted by molar-refractivity contribution is 6.00. The van der Waals surface area contributed by atoms with E-state index in [1.165, 1.54) is 0 Å². The molecule has 0 aromatic heterocycles. The maximum atomic E-state index is 10.5. The van der Waals surface area contributed by atoms with E-state index in [-0.39, 0.29) is 12.8 Å². The van der Waals surface area contributed by atoms with Gasteiger partial charge in [0.25, 0.3) is 0 Å². The fourth-order valence-corrected chi connectivity index (χ4v) is 1.37. The summed E-state index contributed by atoms with van der Waals surface area (Å²) >= 11 is 0. The lowest BCUT2D eigenvalue weighted by Gasteiger charge is -2.37. The zero-order chi connectivity index (χ0) is 9.35. The maximum absolute atomic E-state index is 10.5. The van der Waals surface area contributed by atoms with Crippen molar-refractivity contribution in [2.45, 2.75) is 12.8 Å². The number of carbonyl (C=O) groups is 3.